The van der Waals surface area contributed by atoms with E-state index in [4.69, 9.17) is 5.73 Å². The summed E-state index contributed by atoms with van der Waals surface area (Å²) >= 11 is 0. The topological polar surface area (TPSA) is 109 Å². The highest BCUT2D eigenvalue weighted by molar-refractivity contribution is 7.88. The number of nitrogen functional groups attached to an aromatic ring is 1. The monoisotopic (exact) mass is 313 g/mol. The second kappa shape index (κ2) is 5.57. The lowest BCUT2D eigenvalue weighted by molar-refractivity contribution is 0.0643. The molecule has 1 atom stereocenters. The van der Waals surface area contributed by atoms with E-state index >= 15 is 0 Å². The van der Waals surface area contributed by atoms with Crippen molar-refractivity contribution >= 4 is 21.7 Å². The summed E-state index contributed by atoms with van der Waals surface area (Å²) in [6, 6.07) is -0.273. The smallest absolute Gasteiger partial charge is 0.259 e. The summed E-state index contributed by atoms with van der Waals surface area (Å²) in [7, 11) is -3.26. The summed E-state index contributed by atoms with van der Waals surface area (Å²) in [5, 5.41) is 0. The number of nitrogens with two attached hydrogens (primary N) is 1. The number of sulfonamides is 1. The Morgan fingerprint density at radius 2 is 2.10 bits per heavy atom. The predicted octanol–water partition coefficient (Wildman–Crippen LogP) is -0.527. The molecule has 116 valence electrons. The Labute approximate surface area is 124 Å². The van der Waals surface area contributed by atoms with Gasteiger partial charge in [-0.1, -0.05) is 0 Å². The molecule has 2 heterocycles. The van der Waals surface area contributed by atoms with E-state index in [0.29, 0.717) is 18.9 Å². The molecule has 1 aromatic heterocycles. The highest BCUT2D eigenvalue weighted by Gasteiger charge is 2.32. The number of hydrogen-bond donors (Lipinski definition) is 1. The summed E-state index contributed by atoms with van der Waals surface area (Å²) in [4.78, 5) is 22.0. The van der Waals surface area contributed by atoms with Gasteiger partial charge in [0.1, 0.15) is 17.2 Å². The molecule has 9 heteroatoms. The van der Waals surface area contributed by atoms with Crippen molar-refractivity contribution in [3.05, 3.63) is 17.6 Å². The van der Waals surface area contributed by atoms with E-state index in [-0.39, 0.29) is 29.9 Å². The summed E-state index contributed by atoms with van der Waals surface area (Å²) in [5.74, 6) is 0.373. The van der Waals surface area contributed by atoms with Crippen LogP contribution in [0.4, 0.5) is 5.82 Å². The second-order valence-electron chi connectivity index (χ2n) is 5.19. The summed E-state index contributed by atoms with van der Waals surface area (Å²) < 4.78 is 24.6. The van der Waals surface area contributed by atoms with E-state index in [1.807, 2.05) is 0 Å². The van der Waals surface area contributed by atoms with Crippen molar-refractivity contribution in [2.75, 3.05) is 31.6 Å². The standard InChI is InChI=1S/C12H19N5O3S/c1-8-7-16(4-5-17(8)21(3,19)20)12(18)10-6-14-9(2)15-11(10)13/h6,8H,4-5,7H2,1-3H3,(H2,13,14,15)/t8-/m0/s1. The highest BCUT2D eigenvalue weighted by Crippen LogP contribution is 2.17. The molecule has 1 saturated heterocycles. The maximum atomic E-state index is 12.4. The van der Waals surface area contributed by atoms with Crippen LogP contribution in [0.1, 0.15) is 23.1 Å². The highest BCUT2D eigenvalue weighted by atomic mass is 32.2. The van der Waals surface area contributed by atoms with Crippen molar-refractivity contribution in [3.63, 3.8) is 0 Å². The van der Waals surface area contributed by atoms with Crippen molar-refractivity contribution in [3.8, 4) is 0 Å². The zero-order valence-electron chi connectivity index (χ0n) is 12.3. The Morgan fingerprint density at radius 1 is 1.43 bits per heavy atom. The molecule has 2 N–H and O–H groups in total. The second-order valence-corrected chi connectivity index (χ2v) is 7.13. The SMILES string of the molecule is Cc1ncc(C(=O)N2CCN(S(C)(=O)=O)[C@@H](C)C2)c(N)n1. The first-order valence-corrected chi connectivity index (χ1v) is 8.40. The maximum Gasteiger partial charge on any atom is 0.259 e. The third-order valence-electron chi connectivity index (χ3n) is 3.45. The van der Waals surface area contributed by atoms with Gasteiger partial charge in [-0.25, -0.2) is 18.4 Å². The number of piperazine rings is 1. The minimum absolute atomic E-state index is 0.144. The van der Waals surface area contributed by atoms with Crippen LogP contribution >= 0.6 is 0 Å². The van der Waals surface area contributed by atoms with Crippen LogP contribution in [0.15, 0.2) is 6.20 Å². The number of nitrogens with zero attached hydrogens (tertiary/aromatic N) is 4. The molecule has 1 aliphatic rings. The molecule has 1 aromatic rings. The molecule has 1 amide bonds. The van der Waals surface area contributed by atoms with E-state index in [1.54, 1.807) is 18.7 Å². The van der Waals surface area contributed by atoms with Crippen LogP contribution in [-0.4, -0.2) is 65.4 Å². The lowest BCUT2D eigenvalue weighted by Crippen LogP contribution is -2.55. The van der Waals surface area contributed by atoms with E-state index in [0.717, 1.165) is 0 Å². The largest absolute Gasteiger partial charge is 0.383 e. The van der Waals surface area contributed by atoms with Crippen molar-refractivity contribution in [2.45, 2.75) is 19.9 Å². The first kappa shape index (κ1) is 15.6. The van der Waals surface area contributed by atoms with Crippen LogP contribution in [0, 0.1) is 6.92 Å². The van der Waals surface area contributed by atoms with Crippen LogP contribution in [0.2, 0.25) is 0 Å². The number of carbonyl (C=O) groups is 1. The molecule has 0 saturated carbocycles. The van der Waals surface area contributed by atoms with Gasteiger partial charge in [0.2, 0.25) is 10.0 Å². The first-order valence-electron chi connectivity index (χ1n) is 6.55. The van der Waals surface area contributed by atoms with E-state index in [1.165, 1.54) is 16.8 Å². The first-order chi connectivity index (χ1) is 9.70. The van der Waals surface area contributed by atoms with Gasteiger partial charge in [-0.05, 0) is 13.8 Å². The van der Waals surface area contributed by atoms with Gasteiger partial charge in [0.25, 0.3) is 5.91 Å². The predicted molar refractivity (Wildman–Crippen MR) is 78.1 cm³/mol. The fourth-order valence-corrected chi connectivity index (χ4v) is 3.57. The Balaban J connectivity index is 2.16. The van der Waals surface area contributed by atoms with Crippen LogP contribution in [-0.2, 0) is 10.0 Å². The Morgan fingerprint density at radius 3 is 2.62 bits per heavy atom. The van der Waals surface area contributed by atoms with Crippen LogP contribution < -0.4 is 5.73 Å². The van der Waals surface area contributed by atoms with E-state index < -0.39 is 10.0 Å². The Hall–Kier alpha value is -1.74. The number of hydrogen-bond acceptors (Lipinski definition) is 6. The average Bonchev–Trinajstić information content (AvgIpc) is 2.36. The number of aryl methyl sites for hydroxylation is 1. The lowest BCUT2D eigenvalue weighted by atomic mass is 10.2. The van der Waals surface area contributed by atoms with Crippen molar-refractivity contribution in [1.29, 1.82) is 0 Å². The fourth-order valence-electron chi connectivity index (χ4n) is 2.44. The molecule has 0 spiro atoms. The van der Waals surface area contributed by atoms with Gasteiger partial charge in [-0.15, -0.1) is 0 Å². The summed E-state index contributed by atoms with van der Waals surface area (Å²) in [5.41, 5.74) is 6.01. The molecule has 2 rings (SSSR count). The van der Waals surface area contributed by atoms with Gasteiger partial charge in [0.15, 0.2) is 0 Å². The zero-order chi connectivity index (χ0) is 15.8. The van der Waals surface area contributed by atoms with Crippen molar-refractivity contribution in [1.82, 2.24) is 19.2 Å². The number of aromatic nitrogens is 2. The molecule has 1 fully saturated rings. The van der Waals surface area contributed by atoms with E-state index in [9.17, 15) is 13.2 Å². The van der Waals surface area contributed by atoms with Crippen molar-refractivity contribution in [2.24, 2.45) is 0 Å². The Kier molecular flexibility index (Phi) is 4.15. The van der Waals surface area contributed by atoms with Gasteiger partial charge in [-0.3, -0.25) is 4.79 Å². The number of carbonyl (C=O) groups excluding carboxylic acids is 1. The van der Waals surface area contributed by atoms with Crippen LogP contribution in [0.3, 0.4) is 0 Å². The molecule has 0 unspecified atom stereocenters. The normalized spacial score (nSPS) is 20.5. The van der Waals surface area contributed by atoms with E-state index in [2.05, 4.69) is 9.97 Å². The molecule has 0 bridgehead atoms. The lowest BCUT2D eigenvalue weighted by Gasteiger charge is -2.38. The molecule has 0 radical (unpaired) electrons. The van der Waals surface area contributed by atoms with Crippen molar-refractivity contribution < 1.29 is 13.2 Å². The third-order valence-corrected chi connectivity index (χ3v) is 4.84. The summed E-state index contributed by atoms with van der Waals surface area (Å²) in [6.45, 7) is 4.38. The molecular weight excluding hydrogens is 294 g/mol. The molecule has 0 aliphatic carbocycles. The molecule has 8 nitrogen and oxygen atoms in total. The van der Waals surface area contributed by atoms with Gasteiger partial charge in [0, 0.05) is 31.9 Å². The minimum Gasteiger partial charge on any atom is -0.383 e. The van der Waals surface area contributed by atoms with Crippen LogP contribution in [0.5, 0.6) is 0 Å². The maximum absolute atomic E-state index is 12.4. The Bertz CT molecular complexity index is 661. The van der Waals surface area contributed by atoms with Gasteiger partial charge in [0.05, 0.1) is 6.26 Å². The molecular formula is C12H19N5O3S. The third kappa shape index (κ3) is 3.30. The summed E-state index contributed by atoms with van der Waals surface area (Å²) in [6.07, 6.45) is 2.58. The number of amides is 1. The zero-order valence-corrected chi connectivity index (χ0v) is 13.1. The van der Waals surface area contributed by atoms with Gasteiger partial charge in [-0.2, -0.15) is 4.31 Å². The van der Waals surface area contributed by atoms with Gasteiger partial charge < -0.3 is 10.6 Å². The average molecular weight is 313 g/mol. The molecule has 0 aromatic carbocycles. The van der Waals surface area contributed by atoms with Crippen LogP contribution in [0.25, 0.3) is 0 Å². The molecule has 21 heavy (non-hydrogen) atoms. The minimum atomic E-state index is -3.26. The molecule has 1 aliphatic heterocycles. The van der Waals surface area contributed by atoms with Gasteiger partial charge >= 0.3 is 0 Å². The number of anilines is 1. The quantitative estimate of drug-likeness (QED) is 0.786. The number of rotatable bonds is 2. The fraction of sp³-hybridized carbons (Fsp3) is 0.583.